The minimum Gasteiger partial charge on any atom is -0.507 e. The molecule has 0 spiro atoms. The van der Waals surface area contributed by atoms with Crippen molar-refractivity contribution >= 4 is 51.8 Å². The van der Waals surface area contributed by atoms with E-state index in [1.54, 1.807) is 30.3 Å². The number of carbonyl (C=O) groups is 2. The van der Waals surface area contributed by atoms with Crippen LogP contribution in [0.25, 0.3) is 5.76 Å². The van der Waals surface area contributed by atoms with Crippen LogP contribution < -0.4 is 14.5 Å². The normalized spacial score (nSPS) is 19.5. The summed E-state index contributed by atoms with van der Waals surface area (Å²) < 4.78 is 5.69. The highest BCUT2D eigenvalue weighted by Crippen LogP contribution is 2.45. The van der Waals surface area contributed by atoms with E-state index >= 15 is 0 Å². The molecule has 1 amide bonds. The molecule has 1 N–H and O–H groups in total. The third-order valence-corrected chi connectivity index (χ3v) is 7.18. The maximum Gasteiger partial charge on any atom is 0.300 e. The Bertz CT molecular complexity index is 1300. The number of carbonyl (C=O) groups excluding carboxylic acids is 2. The first-order valence-corrected chi connectivity index (χ1v) is 11.7. The number of halogens is 1. The molecular formula is C25H21ClN2O4S. The van der Waals surface area contributed by atoms with Crippen LogP contribution in [0.5, 0.6) is 5.75 Å². The number of aliphatic hydroxyl groups is 1. The van der Waals surface area contributed by atoms with Gasteiger partial charge in [0.1, 0.15) is 24.2 Å². The van der Waals surface area contributed by atoms with Crippen LogP contribution in [0, 0.1) is 6.92 Å². The van der Waals surface area contributed by atoms with Crippen LogP contribution in [0.4, 0.5) is 11.4 Å². The molecule has 2 aliphatic heterocycles. The van der Waals surface area contributed by atoms with E-state index < -0.39 is 17.7 Å². The van der Waals surface area contributed by atoms with Gasteiger partial charge in [0.05, 0.1) is 17.8 Å². The molecule has 1 aromatic heterocycles. The molecule has 5 rings (SSSR count). The van der Waals surface area contributed by atoms with Crippen molar-refractivity contribution in [1.29, 1.82) is 0 Å². The quantitative estimate of drug-likeness (QED) is 0.318. The van der Waals surface area contributed by atoms with Crippen molar-refractivity contribution in [3.63, 3.8) is 0 Å². The number of amides is 1. The number of rotatable bonds is 3. The largest absolute Gasteiger partial charge is 0.507 e. The molecule has 1 atom stereocenters. The van der Waals surface area contributed by atoms with E-state index in [0.29, 0.717) is 35.2 Å². The summed E-state index contributed by atoms with van der Waals surface area (Å²) >= 11 is 7.65. The van der Waals surface area contributed by atoms with E-state index in [9.17, 15) is 14.7 Å². The minimum atomic E-state index is -0.757. The lowest BCUT2D eigenvalue weighted by molar-refractivity contribution is -0.132. The van der Waals surface area contributed by atoms with E-state index in [1.807, 2.05) is 42.5 Å². The van der Waals surface area contributed by atoms with E-state index in [4.69, 9.17) is 16.3 Å². The number of hydrogen-bond acceptors (Lipinski definition) is 6. The zero-order valence-corrected chi connectivity index (χ0v) is 19.6. The number of anilines is 2. The smallest absolute Gasteiger partial charge is 0.300 e. The van der Waals surface area contributed by atoms with E-state index in [0.717, 1.165) is 16.1 Å². The number of hydrogen-bond donors (Lipinski definition) is 1. The highest BCUT2D eigenvalue weighted by atomic mass is 35.5. The van der Waals surface area contributed by atoms with Crippen LogP contribution in [0.3, 0.4) is 0 Å². The summed E-state index contributed by atoms with van der Waals surface area (Å²) in [6.45, 7) is 3.15. The minimum absolute atomic E-state index is 0.0566. The number of aliphatic hydroxyl groups excluding tert-OH is 1. The number of ether oxygens (including phenoxy) is 1. The summed E-state index contributed by atoms with van der Waals surface area (Å²) in [6.07, 6.45) is 0. The van der Waals surface area contributed by atoms with Crippen LogP contribution in [-0.2, 0) is 9.59 Å². The van der Waals surface area contributed by atoms with Crippen molar-refractivity contribution in [2.24, 2.45) is 0 Å². The van der Waals surface area contributed by atoms with Gasteiger partial charge in [-0.25, -0.2) is 0 Å². The van der Waals surface area contributed by atoms with Crippen LogP contribution in [-0.4, -0.2) is 37.0 Å². The first-order chi connectivity index (χ1) is 15.9. The highest BCUT2D eigenvalue weighted by Gasteiger charge is 2.47. The Morgan fingerprint density at radius 2 is 1.97 bits per heavy atom. The van der Waals surface area contributed by atoms with Gasteiger partial charge in [-0.15, -0.1) is 11.3 Å². The number of fused-ring (bicyclic) bond motifs is 1. The van der Waals surface area contributed by atoms with Gasteiger partial charge in [-0.2, -0.15) is 0 Å². The molecule has 2 aliphatic rings. The fourth-order valence-corrected chi connectivity index (χ4v) is 5.28. The van der Waals surface area contributed by atoms with Crippen molar-refractivity contribution in [3.8, 4) is 5.75 Å². The molecule has 0 radical (unpaired) electrons. The number of Topliss-reactive ketones (excluding diaryl/α,β-unsaturated/α-hetero) is 1. The summed E-state index contributed by atoms with van der Waals surface area (Å²) in [5.74, 6) is -0.924. The van der Waals surface area contributed by atoms with Gasteiger partial charge in [-0.3, -0.25) is 14.5 Å². The van der Waals surface area contributed by atoms with Crippen LogP contribution in [0.1, 0.15) is 22.0 Å². The molecule has 168 valence electrons. The van der Waals surface area contributed by atoms with Gasteiger partial charge in [0.2, 0.25) is 0 Å². The molecule has 6 nitrogen and oxygen atoms in total. The van der Waals surface area contributed by atoms with E-state index in [2.05, 4.69) is 0 Å². The van der Waals surface area contributed by atoms with Gasteiger partial charge in [0, 0.05) is 28.2 Å². The molecule has 1 unspecified atom stereocenters. The summed E-state index contributed by atoms with van der Waals surface area (Å²) in [4.78, 5) is 30.8. The summed E-state index contributed by atoms with van der Waals surface area (Å²) in [5.41, 5.74) is 2.67. The first kappa shape index (κ1) is 21.6. The number of thiophene rings is 1. The third-order valence-electron chi connectivity index (χ3n) is 6.02. The molecule has 1 saturated heterocycles. The Morgan fingerprint density at radius 1 is 1.15 bits per heavy atom. The molecule has 2 aromatic carbocycles. The summed E-state index contributed by atoms with van der Waals surface area (Å²) in [5, 5.41) is 13.7. The second-order valence-electron chi connectivity index (χ2n) is 8.07. The molecular weight excluding hydrogens is 460 g/mol. The number of ketones is 1. The van der Waals surface area contributed by atoms with Gasteiger partial charge >= 0.3 is 0 Å². The third kappa shape index (κ3) is 3.57. The van der Waals surface area contributed by atoms with Crippen molar-refractivity contribution in [3.05, 3.63) is 80.5 Å². The van der Waals surface area contributed by atoms with Gasteiger partial charge in [0.25, 0.3) is 11.7 Å². The molecule has 0 aliphatic carbocycles. The molecule has 0 saturated carbocycles. The van der Waals surface area contributed by atoms with Crippen molar-refractivity contribution < 1.29 is 19.4 Å². The molecule has 8 heteroatoms. The Kier molecular flexibility index (Phi) is 5.38. The Hall–Kier alpha value is -3.29. The number of aryl methyl sites for hydroxylation is 1. The standard InChI is InChI=1S/C25H21ClN2O4S/c1-14-5-7-16(26)13-17(14)28-22(20-4-3-11-33-20)21(24(30)25(28)31)23(29)15-6-8-19-18(12-15)27(2)9-10-32-19/h3-8,11-13,22,29H,9-10H2,1-2H3/b23-21-. The SMILES string of the molecule is Cc1ccc(Cl)cc1N1C(=O)C(=O)/C(=C(\O)c2ccc3c(c2)N(C)CCO3)C1c1cccs1. The maximum atomic E-state index is 13.3. The Morgan fingerprint density at radius 3 is 2.73 bits per heavy atom. The predicted molar refractivity (Wildman–Crippen MR) is 130 cm³/mol. The number of likely N-dealkylation sites (N-methyl/N-ethyl adjacent to an activating group) is 1. The van der Waals surface area contributed by atoms with Crippen LogP contribution in [0.2, 0.25) is 5.02 Å². The zero-order valence-electron chi connectivity index (χ0n) is 18.0. The molecule has 0 bridgehead atoms. The van der Waals surface area contributed by atoms with Crippen molar-refractivity contribution in [2.45, 2.75) is 13.0 Å². The van der Waals surface area contributed by atoms with Gasteiger partial charge < -0.3 is 14.7 Å². The predicted octanol–water partition coefficient (Wildman–Crippen LogP) is 5.16. The Labute approximate surface area is 200 Å². The first-order valence-electron chi connectivity index (χ1n) is 10.5. The fraction of sp³-hybridized carbons (Fsp3) is 0.200. The van der Waals surface area contributed by atoms with Gasteiger partial charge in [-0.05, 0) is 54.3 Å². The monoisotopic (exact) mass is 480 g/mol. The topological polar surface area (TPSA) is 70.1 Å². The Balaban J connectivity index is 1.70. The van der Waals surface area contributed by atoms with Crippen LogP contribution in [0.15, 0.2) is 59.5 Å². The van der Waals surface area contributed by atoms with Gasteiger partial charge in [-0.1, -0.05) is 23.7 Å². The lowest BCUT2D eigenvalue weighted by Gasteiger charge is -2.28. The highest BCUT2D eigenvalue weighted by molar-refractivity contribution is 7.10. The summed E-state index contributed by atoms with van der Waals surface area (Å²) in [7, 11) is 1.94. The molecule has 3 heterocycles. The second-order valence-corrected chi connectivity index (χ2v) is 9.48. The zero-order chi connectivity index (χ0) is 23.3. The van der Waals surface area contributed by atoms with Crippen LogP contribution >= 0.6 is 22.9 Å². The lowest BCUT2D eigenvalue weighted by atomic mass is 9.99. The maximum absolute atomic E-state index is 13.3. The summed E-state index contributed by atoms with van der Waals surface area (Å²) in [6, 6.07) is 13.4. The average Bonchev–Trinajstić information content (AvgIpc) is 3.42. The second kappa shape index (κ2) is 8.24. The fourth-order valence-electron chi connectivity index (χ4n) is 4.29. The van der Waals surface area contributed by atoms with Crippen molar-refractivity contribution in [2.75, 3.05) is 30.0 Å². The van der Waals surface area contributed by atoms with Gasteiger partial charge in [0.15, 0.2) is 0 Å². The van der Waals surface area contributed by atoms with E-state index in [1.165, 1.54) is 16.2 Å². The molecule has 33 heavy (non-hydrogen) atoms. The lowest BCUT2D eigenvalue weighted by Crippen LogP contribution is -2.29. The van der Waals surface area contributed by atoms with E-state index in [-0.39, 0.29) is 11.3 Å². The number of nitrogens with zero attached hydrogens (tertiary/aromatic N) is 2. The molecule has 3 aromatic rings. The average molecular weight is 481 g/mol. The number of benzene rings is 2. The molecule has 1 fully saturated rings. The van der Waals surface area contributed by atoms with Crippen molar-refractivity contribution in [1.82, 2.24) is 0 Å².